The molecular formula is C18H30N2. The molecule has 0 bridgehead atoms. The van der Waals surface area contributed by atoms with Gasteiger partial charge in [0.1, 0.15) is 0 Å². The average Bonchev–Trinajstić information content (AvgIpc) is 2.80. The van der Waals surface area contributed by atoms with Crippen molar-refractivity contribution < 1.29 is 0 Å². The first-order valence-electron chi connectivity index (χ1n) is 7.87. The van der Waals surface area contributed by atoms with E-state index in [1.807, 2.05) is 0 Å². The average molecular weight is 274 g/mol. The van der Waals surface area contributed by atoms with E-state index in [1.54, 1.807) is 0 Å². The molecule has 0 spiro atoms. The van der Waals surface area contributed by atoms with Gasteiger partial charge < -0.3 is 10.6 Å². The van der Waals surface area contributed by atoms with Crippen LogP contribution in [0.2, 0.25) is 0 Å². The molecule has 1 aliphatic heterocycles. The van der Waals surface area contributed by atoms with Crippen LogP contribution in [0.1, 0.15) is 45.2 Å². The van der Waals surface area contributed by atoms with Crippen LogP contribution in [0.25, 0.3) is 0 Å². The second-order valence-corrected chi connectivity index (χ2v) is 7.59. The Balaban J connectivity index is 2.09. The standard InChI is InChI=1S/C18H30N2/c1-13-10-17(7-6-15(13)11-14(2)19)20-9-8-16(12-20)18(3,4)5/h6-7,10,14,16H,8-9,11-12,19H2,1-5H3. The minimum Gasteiger partial charge on any atom is -0.371 e. The minimum absolute atomic E-state index is 0.233. The van der Waals surface area contributed by atoms with Gasteiger partial charge in [0.2, 0.25) is 0 Å². The smallest absolute Gasteiger partial charge is 0.0369 e. The Morgan fingerprint density at radius 3 is 2.55 bits per heavy atom. The van der Waals surface area contributed by atoms with E-state index in [0.717, 1.165) is 12.3 Å². The highest BCUT2D eigenvalue weighted by Crippen LogP contribution is 2.36. The minimum atomic E-state index is 0.233. The van der Waals surface area contributed by atoms with Crippen molar-refractivity contribution in [3.8, 4) is 0 Å². The van der Waals surface area contributed by atoms with Crippen molar-refractivity contribution in [2.75, 3.05) is 18.0 Å². The monoisotopic (exact) mass is 274 g/mol. The number of hydrogen-bond acceptors (Lipinski definition) is 2. The van der Waals surface area contributed by atoms with Crippen LogP contribution >= 0.6 is 0 Å². The Labute approximate surface area is 124 Å². The molecule has 2 unspecified atom stereocenters. The van der Waals surface area contributed by atoms with Crippen molar-refractivity contribution in [3.63, 3.8) is 0 Å². The lowest BCUT2D eigenvalue weighted by atomic mass is 9.80. The van der Waals surface area contributed by atoms with Gasteiger partial charge in [0.15, 0.2) is 0 Å². The largest absolute Gasteiger partial charge is 0.371 e. The maximum atomic E-state index is 5.91. The Morgan fingerprint density at radius 1 is 1.35 bits per heavy atom. The summed E-state index contributed by atoms with van der Waals surface area (Å²) in [6, 6.07) is 7.10. The first-order chi connectivity index (χ1) is 9.27. The van der Waals surface area contributed by atoms with Gasteiger partial charge in [0.05, 0.1) is 0 Å². The van der Waals surface area contributed by atoms with Gasteiger partial charge in [-0.1, -0.05) is 26.8 Å². The van der Waals surface area contributed by atoms with Crippen LogP contribution < -0.4 is 10.6 Å². The number of nitrogens with two attached hydrogens (primary N) is 1. The van der Waals surface area contributed by atoms with Gasteiger partial charge in [-0.2, -0.15) is 0 Å². The highest BCUT2D eigenvalue weighted by molar-refractivity contribution is 5.51. The summed E-state index contributed by atoms with van der Waals surface area (Å²) in [5.74, 6) is 0.798. The summed E-state index contributed by atoms with van der Waals surface area (Å²) in [6.45, 7) is 13.7. The molecule has 1 aromatic carbocycles. The molecule has 2 rings (SSSR count). The molecule has 2 N–H and O–H groups in total. The van der Waals surface area contributed by atoms with E-state index in [2.05, 4.69) is 57.7 Å². The molecule has 0 radical (unpaired) electrons. The van der Waals surface area contributed by atoms with Crippen molar-refractivity contribution in [1.82, 2.24) is 0 Å². The normalized spacial score (nSPS) is 21.3. The Kier molecular flexibility index (Phi) is 4.43. The summed E-state index contributed by atoms with van der Waals surface area (Å²) in [6.07, 6.45) is 2.28. The van der Waals surface area contributed by atoms with Crippen LogP contribution in [-0.2, 0) is 6.42 Å². The maximum absolute atomic E-state index is 5.91. The summed E-state index contributed by atoms with van der Waals surface area (Å²) in [4.78, 5) is 2.54. The summed E-state index contributed by atoms with van der Waals surface area (Å²) in [5.41, 5.74) is 10.5. The molecule has 1 heterocycles. The molecule has 1 aliphatic rings. The molecule has 0 aromatic heterocycles. The molecule has 112 valence electrons. The molecule has 0 amide bonds. The topological polar surface area (TPSA) is 29.3 Å². The van der Waals surface area contributed by atoms with E-state index in [-0.39, 0.29) is 6.04 Å². The van der Waals surface area contributed by atoms with Gasteiger partial charge in [0.25, 0.3) is 0 Å². The number of rotatable bonds is 3. The zero-order chi connectivity index (χ0) is 14.9. The van der Waals surface area contributed by atoms with E-state index in [0.29, 0.717) is 5.41 Å². The van der Waals surface area contributed by atoms with Crippen molar-refractivity contribution >= 4 is 5.69 Å². The molecule has 2 atom stereocenters. The summed E-state index contributed by atoms with van der Waals surface area (Å²) in [5, 5.41) is 0. The third kappa shape index (κ3) is 3.54. The quantitative estimate of drug-likeness (QED) is 0.909. The Hall–Kier alpha value is -1.02. The van der Waals surface area contributed by atoms with E-state index in [4.69, 9.17) is 5.73 Å². The van der Waals surface area contributed by atoms with Crippen LogP contribution in [0.15, 0.2) is 18.2 Å². The van der Waals surface area contributed by atoms with E-state index in [9.17, 15) is 0 Å². The predicted octanol–water partition coefficient (Wildman–Crippen LogP) is 3.76. The Bertz CT molecular complexity index is 457. The van der Waals surface area contributed by atoms with Crippen LogP contribution in [-0.4, -0.2) is 19.1 Å². The van der Waals surface area contributed by atoms with Gasteiger partial charge in [-0.3, -0.25) is 0 Å². The fourth-order valence-electron chi connectivity index (χ4n) is 3.15. The fraction of sp³-hybridized carbons (Fsp3) is 0.667. The third-order valence-corrected chi connectivity index (χ3v) is 4.65. The maximum Gasteiger partial charge on any atom is 0.0369 e. The lowest BCUT2D eigenvalue weighted by Crippen LogP contribution is -2.26. The van der Waals surface area contributed by atoms with Crippen LogP contribution in [0, 0.1) is 18.3 Å². The molecule has 20 heavy (non-hydrogen) atoms. The zero-order valence-corrected chi connectivity index (χ0v) is 13.7. The second kappa shape index (κ2) is 5.77. The molecule has 2 heteroatoms. The van der Waals surface area contributed by atoms with Gasteiger partial charge in [-0.15, -0.1) is 0 Å². The van der Waals surface area contributed by atoms with Crippen LogP contribution in [0.3, 0.4) is 0 Å². The molecule has 1 saturated heterocycles. The van der Waals surface area contributed by atoms with Crippen molar-refractivity contribution in [1.29, 1.82) is 0 Å². The van der Waals surface area contributed by atoms with E-state index >= 15 is 0 Å². The predicted molar refractivity (Wildman–Crippen MR) is 88.3 cm³/mol. The second-order valence-electron chi connectivity index (χ2n) is 7.59. The first-order valence-corrected chi connectivity index (χ1v) is 7.87. The molecule has 1 fully saturated rings. The molecule has 1 aromatic rings. The number of nitrogens with zero attached hydrogens (tertiary/aromatic N) is 1. The first kappa shape index (κ1) is 15.4. The molecule has 0 saturated carbocycles. The van der Waals surface area contributed by atoms with Crippen LogP contribution in [0.4, 0.5) is 5.69 Å². The van der Waals surface area contributed by atoms with Gasteiger partial charge in [-0.05, 0) is 61.3 Å². The highest BCUT2D eigenvalue weighted by atomic mass is 15.2. The fourth-order valence-corrected chi connectivity index (χ4v) is 3.15. The van der Waals surface area contributed by atoms with E-state index < -0.39 is 0 Å². The number of anilines is 1. The lowest BCUT2D eigenvalue weighted by Gasteiger charge is -2.27. The van der Waals surface area contributed by atoms with Crippen molar-refractivity contribution in [3.05, 3.63) is 29.3 Å². The van der Waals surface area contributed by atoms with Crippen LogP contribution in [0.5, 0.6) is 0 Å². The highest BCUT2D eigenvalue weighted by Gasteiger charge is 2.31. The molecule has 0 aliphatic carbocycles. The van der Waals surface area contributed by atoms with Gasteiger partial charge >= 0.3 is 0 Å². The van der Waals surface area contributed by atoms with Gasteiger partial charge in [0, 0.05) is 24.8 Å². The number of benzene rings is 1. The zero-order valence-electron chi connectivity index (χ0n) is 13.7. The van der Waals surface area contributed by atoms with E-state index in [1.165, 1.54) is 36.3 Å². The third-order valence-electron chi connectivity index (χ3n) is 4.65. The summed E-state index contributed by atoms with van der Waals surface area (Å²) >= 11 is 0. The summed E-state index contributed by atoms with van der Waals surface area (Å²) in [7, 11) is 0. The SMILES string of the molecule is Cc1cc(N2CCC(C(C)(C)C)C2)ccc1CC(C)N. The van der Waals surface area contributed by atoms with Crippen molar-refractivity contribution in [2.45, 2.75) is 53.5 Å². The number of aryl methyl sites for hydroxylation is 1. The molecular weight excluding hydrogens is 244 g/mol. The lowest BCUT2D eigenvalue weighted by molar-refractivity contribution is 0.263. The number of hydrogen-bond donors (Lipinski definition) is 1. The Morgan fingerprint density at radius 2 is 2.05 bits per heavy atom. The van der Waals surface area contributed by atoms with Gasteiger partial charge in [-0.25, -0.2) is 0 Å². The summed E-state index contributed by atoms with van der Waals surface area (Å²) < 4.78 is 0. The van der Waals surface area contributed by atoms with Crippen molar-refractivity contribution in [2.24, 2.45) is 17.1 Å². The molecule has 2 nitrogen and oxygen atoms in total.